The van der Waals surface area contributed by atoms with Crippen molar-refractivity contribution >= 4 is 0 Å². The summed E-state index contributed by atoms with van der Waals surface area (Å²) >= 11 is 0. The maximum absolute atomic E-state index is 5.35. The van der Waals surface area contributed by atoms with Crippen LogP contribution in [0.4, 0.5) is 0 Å². The molecule has 0 aromatic carbocycles. The van der Waals surface area contributed by atoms with E-state index in [2.05, 4.69) is 29.3 Å². The number of ether oxygens (including phenoxy) is 1. The van der Waals surface area contributed by atoms with Crippen molar-refractivity contribution < 1.29 is 9.26 Å². The number of nitrogens with one attached hydrogen (secondary N) is 1. The van der Waals surface area contributed by atoms with E-state index < -0.39 is 0 Å². The van der Waals surface area contributed by atoms with Gasteiger partial charge in [0.05, 0.1) is 5.54 Å². The Bertz CT molecular complexity index is 334. The highest BCUT2D eigenvalue weighted by atomic mass is 16.5. The lowest BCUT2D eigenvalue weighted by Gasteiger charge is -2.18. The summed E-state index contributed by atoms with van der Waals surface area (Å²) < 4.78 is 10.6. The summed E-state index contributed by atoms with van der Waals surface area (Å²) in [6.07, 6.45) is -0.120. The molecule has 0 radical (unpaired) electrons. The van der Waals surface area contributed by atoms with E-state index in [-0.39, 0.29) is 11.6 Å². The van der Waals surface area contributed by atoms with Gasteiger partial charge in [0.2, 0.25) is 11.7 Å². The smallest absolute Gasteiger partial charge is 0.246 e. The molecule has 0 aliphatic carbocycles. The van der Waals surface area contributed by atoms with E-state index in [9.17, 15) is 0 Å². The summed E-state index contributed by atoms with van der Waals surface area (Å²) in [6.45, 7) is 8.10. The van der Waals surface area contributed by atoms with E-state index in [4.69, 9.17) is 9.26 Å². The Kier molecular flexibility index (Phi) is 4.04. The highest BCUT2D eigenvalue weighted by molar-refractivity contribution is 5.01. The lowest BCUT2D eigenvalue weighted by molar-refractivity contribution is 0.0555. The van der Waals surface area contributed by atoms with Crippen LogP contribution in [0.1, 0.15) is 45.5 Å². The second-order valence-electron chi connectivity index (χ2n) is 4.73. The van der Waals surface area contributed by atoms with Gasteiger partial charge in [-0.3, -0.25) is 0 Å². The van der Waals surface area contributed by atoms with Crippen LogP contribution in [0.2, 0.25) is 0 Å². The maximum atomic E-state index is 5.35. The van der Waals surface area contributed by atoms with Crippen LogP contribution >= 0.6 is 0 Å². The van der Waals surface area contributed by atoms with Crippen molar-refractivity contribution in [1.82, 2.24) is 15.5 Å². The van der Waals surface area contributed by atoms with Crippen LogP contribution in [-0.2, 0) is 10.3 Å². The quantitative estimate of drug-likeness (QED) is 0.832. The van der Waals surface area contributed by atoms with Gasteiger partial charge in [-0.05, 0) is 26.8 Å². The summed E-state index contributed by atoms with van der Waals surface area (Å²) in [5.74, 6) is 1.50. The first-order chi connectivity index (χ1) is 7.42. The molecule has 1 N–H and O–H groups in total. The molecular weight excluding hydrogens is 206 g/mol. The standard InChI is InChI=1S/C11H21N3O2/c1-7(2)8(15-6)9-13-10(16-14-9)11(3,4)12-5/h7-8,12H,1-6H3. The van der Waals surface area contributed by atoms with Crippen molar-refractivity contribution in [2.45, 2.75) is 39.3 Å². The fourth-order valence-corrected chi connectivity index (χ4v) is 1.39. The second-order valence-corrected chi connectivity index (χ2v) is 4.73. The Balaban J connectivity index is 2.94. The molecule has 0 aliphatic heterocycles. The van der Waals surface area contributed by atoms with Gasteiger partial charge < -0.3 is 14.6 Å². The van der Waals surface area contributed by atoms with Crippen LogP contribution in [0.5, 0.6) is 0 Å². The Labute approximate surface area is 96.6 Å². The zero-order valence-corrected chi connectivity index (χ0v) is 10.9. The van der Waals surface area contributed by atoms with Crippen LogP contribution in [0.25, 0.3) is 0 Å². The van der Waals surface area contributed by atoms with Gasteiger partial charge in [0.25, 0.3) is 0 Å². The van der Waals surface area contributed by atoms with E-state index in [1.807, 2.05) is 20.9 Å². The van der Waals surface area contributed by atoms with Gasteiger partial charge in [0.15, 0.2) is 0 Å². The van der Waals surface area contributed by atoms with Crippen LogP contribution in [0.15, 0.2) is 4.52 Å². The molecule has 5 heteroatoms. The maximum Gasteiger partial charge on any atom is 0.246 e. The molecule has 0 saturated carbocycles. The predicted molar refractivity (Wildman–Crippen MR) is 61.0 cm³/mol. The van der Waals surface area contributed by atoms with Gasteiger partial charge in [-0.1, -0.05) is 19.0 Å². The minimum Gasteiger partial charge on any atom is -0.373 e. The molecule has 1 unspecified atom stereocenters. The van der Waals surface area contributed by atoms with Gasteiger partial charge in [-0.25, -0.2) is 0 Å². The molecule has 1 atom stereocenters. The molecule has 1 heterocycles. The summed E-state index contributed by atoms with van der Waals surface area (Å²) in [7, 11) is 3.52. The molecular formula is C11H21N3O2. The van der Waals surface area contributed by atoms with Crippen molar-refractivity contribution in [1.29, 1.82) is 0 Å². The Morgan fingerprint density at radius 2 is 2.00 bits per heavy atom. The highest BCUT2D eigenvalue weighted by Gasteiger charge is 2.28. The van der Waals surface area contributed by atoms with Gasteiger partial charge in [0.1, 0.15) is 6.10 Å². The van der Waals surface area contributed by atoms with Crippen molar-refractivity contribution in [2.24, 2.45) is 5.92 Å². The highest BCUT2D eigenvalue weighted by Crippen LogP contribution is 2.25. The van der Waals surface area contributed by atoms with Gasteiger partial charge in [0, 0.05) is 7.11 Å². The summed E-state index contributed by atoms with van der Waals surface area (Å²) in [6, 6.07) is 0. The number of rotatable bonds is 5. The molecule has 1 rings (SSSR count). The average molecular weight is 227 g/mol. The third-order valence-electron chi connectivity index (χ3n) is 2.72. The Morgan fingerprint density at radius 3 is 2.44 bits per heavy atom. The Morgan fingerprint density at radius 1 is 1.38 bits per heavy atom. The summed E-state index contributed by atoms with van der Waals surface area (Å²) in [4.78, 5) is 4.38. The van der Waals surface area contributed by atoms with E-state index in [0.29, 0.717) is 17.6 Å². The van der Waals surface area contributed by atoms with Gasteiger partial charge in [-0.15, -0.1) is 0 Å². The lowest BCUT2D eigenvalue weighted by Crippen LogP contribution is -2.33. The zero-order chi connectivity index (χ0) is 12.3. The molecule has 1 aromatic rings. The van der Waals surface area contributed by atoms with Crippen LogP contribution < -0.4 is 5.32 Å². The number of hydrogen-bond donors (Lipinski definition) is 1. The third kappa shape index (κ3) is 2.59. The van der Waals surface area contributed by atoms with Crippen molar-refractivity contribution in [3.05, 3.63) is 11.7 Å². The van der Waals surface area contributed by atoms with Gasteiger partial charge in [-0.2, -0.15) is 4.98 Å². The normalized spacial score (nSPS) is 14.4. The average Bonchev–Trinajstić information content (AvgIpc) is 2.68. The van der Waals surface area contributed by atoms with Crippen LogP contribution in [0, 0.1) is 5.92 Å². The fraction of sp³-hybridized carbons (Fsp3) is 0.818. The molecule has 0 amide bonds. The molecule has 0 aliphatic rings. The van der Waals surface area contributed by atoms with Gasteiger partial charge >= 0.3 is 0 Å². The van der Waals surface area contributed by atoms with E-state index >= 15 is 0 Å². The monoisotopic (exact) mass is 227 g/mol. The van der Waals surface area contributed by atoms with Crippen molar-refractivity contribution in [3.8, 4) is 0 Å². The van der Waals surface area contributed by atoms with E-state index in [1.54, 1.807) is 7.11 Å². The lowest BCUT2D eigenvalue weighted by atomic mass is 10.1. The molecule has 92 valence electrons. The number of hydrogen-bond acceptors (Lipinski definition) is 5. The molecule has 16 heavy (non-hydrogen) atoms. The zero-order valence-electron chi connectivity index (χ0n) is 10.9. The minimum absolute atomic E-state index is 0.120. The third-order valence-corrected chi connectivity index (χ3v) is 2.72. The van der Waals surface area contributed by atoms with E-state index in [1.165, 1.54) is 0 Å². The first-order valence-corrected chi connectivity index (χ1v) is 5.48. The molecule has 5 nitrogen and oxygen atoms in total. The summed E-state index contributed by atoms with van der Waals surface area (Å²) in [5.41, 5.74) is -0.319. The molecule has 0 spiro atoms. The fourth-order valence-electron chi connectivity index (χ4n) is 1.39. The molecule has 0 bridgehead atoms. The second kappa shape index (κ2) is 4.93. The van der Waals surface area contributed by atoms with Crippen molar-refractivity contribution in [2.75, 3.05) is 14.2 Å². The van der Waals surface area contributed by atoms with Crippen LogP contribution in [-0.4, -0.2) is 24.3 Å². The molecule has 0 saturated heterocycles. The van der Waals surface area contributed by atoms with E-state index in [0.717, 1.165) is 0 Å². The summed E-state index contributed by atoms with van der Waals surface area (Å²) in [5, 5.41) is 7.09. The molecule has 1 aromatic heterocycles. The first-order valence-electron chi connectivity index (χ1n) is 5.48. The SMILES string of the molecule is CNC(C)(C)c1nc(C(OC)C(C)C)no1. The minimum atomic E-state index is -0.319. The molecule has 0 fully saturated rings. The number of nitrogens with zero attached hydrogens (tertiary/aromatic N) is 2. The largest absolute Gasteiger partial charge is 0.373 e. The Hall–Kier alpha value is -0.940. The number of methoxy groups -OCH3 is 1. The number of aromatic nitrogens is 2. The topological polar surface area (TPSA) is 60.2 Å². The first kappa shape index (κ1) is 13.1. The van der Waals surface area contributed by atoms with Crippen LogP contribution in [0.3, 0.4) is 0 Å². The predicted octanol–water partition coefficient (Wildman–Crippen LogP) is 1.87. The van der Waals surface area contributed by atoms with Crippen molar-refractivity contribution in [3.63, 3.8) is 0 Å².